The predicted octanol–water partition coefficient (Wildman–Crippen LogP) is 3.23. The number of hydrogen-bond acceptors (Lipinski definition) is 6. The maximum absolute atomic E-state index is 12.7. The Labute approximate surface area is 168 Å². The van der Waals surface area contributed by atoms with Crippen molar-refractivity contribution in [2.24, 2.45) is 7.05 Å². The largest absolute Gasteiger partial charge is 0.434 e. The number of carbonyl (C=O) groups is 1. The molecule has 1 aliphatic rings. The van der Waals surface area contributed by atoms with E-state index in [2.05, 4.69) is 15.2 Å². The van der Waals surface area contributed by atoms with Crippen LogP contribution in [-0.4, -0.2) is 38.7 Å². The number of hydrogen-bond donors (Lipinski definition) is 0. The van der Waals surface area contributed by atoms with Crippen molar-refractivity contribution in [3.63, 3.8) is 0 Å². The third kappa shape index (κ3) is 3.95. The van der Waals surface area contributed by atoms with Crippen LogP contribution >= 0.6 is 11.3 Å². The number of aryl methyl sites for hydroxylation is 1. The van der Waals surface area contributed by atoms with E-state index in [9.17, 15) is 18.0 Å². The number of ether oxygens (including phenoxy) is 1. The smallest absolute Gasteiger partial charge is 0.379 e. The van der Waals surface area contributed by atoms with Crippen LogP contribution in [0.2, 0.25) is 0 Å². The summed E-state index contributed by atoms with van der Waals surface area (Å²) in [5.41, 5.74) is 0.436. The summed E-state index contributed by atoms with van der Waals surface area (Å²) >= 11 is 0.715. The molecule has 0 radical (unpaired) electrons. The van der Waals surface area contributed by atoms with Crippen LogP contribution in [0.3, 0.4) is 0 Å². The number of ketones is 1. The molecule has 3 aromatic rings. The van der Waals surface area contributed by atoms with Gasteiger partial charge in [-0.05, 0) is 11.1 Å². The number of thiazole rings is 1. The van der Waals surface area contributed by atoms with E-state index in [-0.39, 0.29) is 16.8 Å². The molecule has 3 heterocycles. The van der Waals surface area contributed by atoms with Gasteiger partial charge in [-0.1, -0.05) is 24.3 Å². The summed E-state index contributed by atoms with van der Waals surface area (Å²) in [5, 5.41) is 8.79. The maximum atomic E-state index is 12.7. The molecule has 0 N–H and O–H groups in total. The lowest BCUT2D eigenvalue weighted by Crippen LogP contribution is -2.49. The molecule has 0 amide bonds. The van der Waals surface area contributed by atoms with Gasteiger partial charge in [-0.25, -0.2) is 4.98 Å². The minimum absolute atomic E-state index is 0.0143. The van der Waals surface area contributed by atoms with Gasteiger partial charge in [0.15, 0.2) is 16.5 Å². The predicted molar refractivity (Wildman–Crippen MR) is 98.8 cm³/mol. The van der Waals surface area contributed by atoms with Crippen LogP contribution in [0.25, 0.3) is 0 Å². The molecule has 0 bridgehead atoms. The molecule has 0 aliphatic carbocycles. The fourth-order valence-corrected chi connectivity index (χ4v) is 4.06. The minimum atomic E-state index is -4.55. The first-order chi connectivity index (χ1) is 13.8. The number of halogens is 3. The average molecular weight is 422 g/mol. The molecule has 1 fully saturated rings. The van der Waals surface area contributed by atoms with Crippen molar-refractivity contribution in [2.75, 3.05) is 13.2 Å². The van der Waals surface area contributed by atoms with E-state index < -0.39 is 17.7 Å². The zero-order chi connectivity index (χ0) is 20.6. The van der Waals surface area contributed by atoms with Crippen molar-refractivity contribution in [1.29, 1.82) is 0 Å². The average Bonchev–Trinajstić information content (AvgIpc) is 3.27. The zero-order valence-corrected chi connectivity index (χ0v) is 16.3. The number of rotatable bonds is 6. The van der Waals surface area contributed by atoms with Crippen molar-refractivity contribution in [3.8, 4) is 0 Å². The second kappa shape index (κ2) is 7.34. The first kappa shape index (κ1) is 19.7. The highest BCUT2D eigenvalue weighted by molar-refractivity contribution is 7.11. The molecule has 0 unspecified atom stereocenters. The number of aromatic nitrogens is 4. The normalized spacial score (nSPS) is 15.9. The summed E-state index contributed by atoms with van der Waals surface area (Å²) < 4.78 is 45.5. The van der Waals surface area contributed by atoms with E-state index in [1.807, 2.05) is 29.8 Å². The zero-order valence-electron chi connectivity index (χ0n) is 15.4. The quantitative estimate of drug-likeness (QED) is 0.571. The number of nitrogens with zero attached hydrogens (tertiary/aromatic N) is 4. The van der Waals surface area contributed by atoms with Crippen LogP contribution in [0.15, 0.2) is 36.0 Å². The molecule has 1 aromatic carbocycles. The van der Waals surface area contributed by atoms with Gasteiger partial charge < -0.3 is 9.30 Å². The van der Waals surface area contributed by atoms with Crippen molar-refractivity contribution in [3.05, 3.63) is 63.6 Å². The summed E-state index contributed by atoms with van der Waals surface area (Å²) in [6.07, 6.45) is -2.28. The van der Waals surface area contributed by atoms with Gasteiger partial charge in [-0.3, -0.25) is 4.79 Å². The summed E-state index contributed by atoms with van der Waals surface area (Å²) in [6, 6.07) is 7.51. The van der Waals surface area contributed by atoms with Crippen LogP contribution in [0.4, 0.5) is 13.2 Å². The summed E-state index contributed by atoms with van der Waals surface area (Å²) in [6.45, 7) is 1.05. The SMILES string of the molecule is Cn1cnnc1CC1(c2cccc(CC(=O)c3nc(C(F)(F)F)cs3)c2)COC1. The van der Waals surface area contributed by atoms with Gasteiger partial charge in [-0.2, -0.15) is 13.2 Å². The molecular weight excluding hydrogens is 405 g/mol. The number of carbonyl (C=O) groups excluding carboxylic acids is 1. The monoisotopic (exact) mass is 422 g/mol. The molecule has 10 heteroatoms. The van der Waals surface area contributed by atoms with Crippen LogP contribution in [0, 0.1) is 0 Å². The second-order valence-electron chi connectivity index (χ2n) is 7.14. The van der Waals surface area contributed by atoms with Crippen molar-refractivity contribution in [1.82, 2.24) is 19.7 Å². The summed E-state index contributed by atoms with van der Waals surface area (Å²) in [4.78, 5) is 15.9. The summed E-state index contributed by atoms with van der Waals surface area (Å²) in [7, 11) is 1.88. The molecule has 2 aromatic heterocycles. The van der Waals surface area contributed by atoms with Crippen molar-refractivity contribution in [2.45, 2.75) is 24.4 Å². The van der Waals surface area contributed by atoms with Gasteiger partial charge >= 0.3 is 6.18 Å². The molecule has 4 rings (SSSR count). The fourth-order valence-electron chi connectivity index (χ4n) is 3.29. The molecule has 29 heavy (non-hydrogen) atoms. The Bertz CT molecular complexity index is 1040. The van der Waals surface area contributed by atoms with E-state index >= 15 is 0 Å². The Morgan fingerprint density at radius 1 is 1.34 bits per heavy atom. The van der Waals surface area contributed by atoms with E-state index in [1.165, 1.54) is 0 Å². The van der Waals surface area contributed by atoms with Gasteiger partial charge in [0, 0.05) is 30.7 Å². The Balaban J connectivity index is 1.53. The van der Waals surface area contributed by atoms with E-state index in [0.717, 1.165) is 22.3 Å². The molecule has 0 saturated carbocycles. The molecule has 0 atom stereocenters. The third-order valence-corrected chi connectivity index (χ3v) is 5.88. The molecule has 6 nitrogen and oxygen atoms in total. The van der Waals surface area contributed by atoms with E-state index in [0.29, 0.717) is 31.0 Å². The molecule has 0 spiro atoms. The highest BCUT2D eigenvalue weighted by Gasteiger charge is 2.41. The van der Waals surface area contributed by atoms with Crippen LogP contribution in [0.5, 0.6) is 0 Å². The van der Waals surface area contributed by atoms with Crippen LogP contribution < -0.4 is 0 Å². The molecule has 1 saturated heterocycles. The number of alkyl halides is 3. The van der Waals surface area contributed by atoms with E-state index in [4.69, 9.17) is 4.74 Å². The van der Waals surface area contributed by atoms with Crippen LogP contribution in [0.1, 0.15) is 32.4 Å². The molecular formula is C19H17F3N4O2S. The Morgan fingerprint density at radius 2 is 2.14 bits per heavy atom. The lowest BCUT2D eigenvalue weighted by molar-refractivity contribution is -0.140. The first-order valence-corrected chi connectivity index (χ1v) is 9.71. The second-order valence-corrected chi connectivity index (χ2v) is 8.00. The van der Waals surface area contributed by atoms with Gasteiger partial charge in [0.1, 0.15) is 12.2 Å². The van der Waals surface area contributed by atoms with Crippen molar-refractivity contribution < 1.29 is 22.7 Å². The first-order valence-electron chi connectivity index (χ1n) is 8.83. The third-order valence-electron chi connectivity index (χ3n) is 5.00. The Hall–Kier alpha value is -2.59. The topological polar surface area (TPSA) is 69.9 Å². The Kier molecular flexibility index (Phi) is 4.99. The van der Waals surface area contributed by atoms with Crippen molar-refractivity contribution >= 4 is 17.1 Å². The minimum Gasteiger partial charge on any atom is -0.379 e. The standard InChI is InChI=1S/C19H17F3N4O2S/c1-26-11-23-25-16(26)7-18(9-28-10-18)13-4-2-3-12(5-13)6-14(27)17-24-15(8-29-17)19(20,21)22/h2-5,8,11H,6-7,9-10H2,1H3. The maximum Gasteiger partial charge on any atom is 0.434 e. The summed E-state index contributed by atoms with van der Waals surface area (Å²) in [5.74, 6) is 0.395. The van der Waals surface area contributed by atoms with Crippen LogP contribution in [-0.2, 0) is 36.2 Å². The van der Waals surface area contributed by atoms with Gasteiger partial charge in [-0.15, -0.1) is 21.5 Å². The van der Waals surface area contributed by atoms with E-state index in [1.54, 1.807) is 12.4 Å². The fraction of sp³-hybridized carbons (Fsp3) is 0.368. The van der Waals surface area contributed by atoms with Gasteiger partial charge in [0.2, 0.25) is 0 Å². The molecule has 1 aliphatic heterocycles. The van der Waals surface area contributed by atoms with Gasteiger partial charge in [0.25, 0.3) is 0 Å². The lowest BCUT2D eigenvalue weighted by Gasteiger charge is -2.42. The van der Waals surface area contributed by atoms with Gasteiger partial charge in [0.05, 0.1) is 13.2 Å². The Morgan fingerprint density at radius 3 is 2.72 bits per heavy atom. The highest BCUT2D eigenvalue weighted by Crippen LogP contribution is 2.36. The number of benzene rings is 1. The number of Topliss-reactive ketones (excluding diaryl/α,β-unsaturated/α-hetero) is 1. The molecule has 152 valence electrons. The highest BCUT2D eigenvalue weighted by atomic mass is 32.1. The lowest BCUT2D eigenvalue weighted by atomic mass is 9.75.